The van der Waals surface area contributed by atoms with Crippen molar-refractivity contribution in [1.82, 2.24) is 5.32 Å². The predicted molar refractivity (Wildman–Crippen MR) is 73.9 cm³/mol. The highest BCUT2D eigenvalue weighted by Gasteiger charge is 2.21. The van der Waals surface area contributed by atoms with E-state index in [2.05, 4.69) is 62.5 Å². The van der Waals surface area contributed by atoms with Crippen LogP contribution < -0.4 is 5.32 Å². The second-order valence-corrected chi connectivity index (χ2v) is 6.06. The summed E-state index contributed by atoms with van der Waals surface area (Å²) >= 11 is 2.45. The molecule has 84 valence electrons. The standard InChI is InChI=1S/C12H24IN/c1-9(2)11(14-6)10(7-8-13)12(3,4)5/h9,14H,7-8H2,1-6H3/b11-10+. The van der Waals surface area contributed by atoms with E-state index in [1.807, 2.05) is 7.05 Å². The molecule has 2 heteroatoms. The van der Waals surface area contributed by atoms with Gasteiger partial charge in [0.15, 0.2) is 0 Å². The van der Waals surface area contributed by atoms with Gasteiger partial charge in [0.2, 0.25) is 0 Å². The highest BCUT2D eigenvalue weighted by atomic mass is 127. The van der Waals surface area contributed by atoms with Crippen LogP contribution in [0.1, 0.15) is 41.0 Å². The first kappa shape index (κ1) is 14.3. The van der Waals surface area contributed by atoms with Crippen molar-refractivity contribution in [3.63, 3.8) is 0 Å². The van der Waals surface area contributed by atoms with Crippen LogP contribution in [0, 0.1) is 11.3 Å². The molecule has 0 amide bonds. The zero-order chi connectivity index (χ0) is 11.4. The fourth-order valence-electron chi connectivity index (χ4n) is 1.80. The van der Waals surface area contributed by atoms with Crippen molar-refractivity contribution in [3.05, 3.63) is 11.3 Å². The molecule has 14 heavy (non-hydrogen) atoms. The summed E-state index contributed by atoms with van der Waals surface area (Å²) in [6.07, 6.45) is 1.19. The molecule has 0 spiro atoms. The monoisotopic (exact) mass is 309 g/mol. The number of rotatable bonds is 4. The molecular weight excluding hydrogens is 285 g/mol. The van der Waals surface area contributed by atoms with Gasteiger partial charge in [-0.2, -0.15) is 0 Å². The van der Waals surface area contributed by atoms with Gasteiger partial charge in [-0.05, 0) is 23.3 Å². The summed E-state index contributed by atoms with van der Waals surface area (Å²) in [4.78, 5) is 0. The summed E-state index contributed by atoms with van der Waals surface area (Å²) in [5, 5.41) is 3.37. The van der Waals surface area contributed by atoms with E-state index in [0.717, 1.165) is 0 Å². The second kappa shape index (κ2) is 5.99. The highest BCUT2D eigenvalue weighted by Crippen LogP contribution is 2.32. The van der Waals surface area contributed by atoms with Gasteiger partial charge in [-0.25, -0.2) is 0 Å². The maximum Gasteiger partial charge on any atom is 0.0127 e. The van der Waals surface area contributed by atoms with Gasteiger partial charge in [0.05, 0.1) is 0 Å². The van der Waals surface area contributed by atoms with Crippen molar-refractivity contribution in [2.45, 2.75) is 41.0 Å². The van der Waals surface area contributed by atoms with Gasteiger partial charge >= 0.3 is 0 Å². The first-order valence-corrected chi connectivity index (χ1v) is 6.84. The molecule has 0 unspecified atom stereocenters. The summed E-state index contributed by atoms with van der Waals surface area (Å²) in [5.74, 6) is 0.595. The Bertz CT molecular complexity index is 199. The molecule has 0 fully saturated rings. The van der Waals surface area contributed by atoms with E-state index in [4.69, 9.17) is 0 Å². The quantitative estimate of drug-likeness (QED) is 0.612. The largest absolute Gasteiger partial charge is 0.391 e. The molecule has 0 atom stereocenters. The zero-order valence-electron chi connectivity index (χ0n) is 10.4. The van der Waals surface area contributed by atoms with E-state index >= 15 is 0 Å². The lowest BCUT2D eigenvalue weighted by molar-refractivity contribution is 0.466. The average molecular weight is 309 g/mol. The summed E-state index contributed by atoms with van der Waals surface area (Å²) in [5.41, 5.74) is 3.28. The molecule has 0 saturated carbocycles. The number of hydrogen-bond acceptors (Lipinski definition) is 1. The lowest BCUT2D eigenvalue weighted by Crippen LogP contribution is -2.22. The molecule has 1 nitrogen and oxygen atoms in total. The third-order valence-corrected chi connectivity index (χ3v) is 2.96. The van der Waals surface area contributed by atoms with Crippen LogP contribution in [0.4, 0.5) is 0 Å². The molecule has 0 saturated heterocycles. The Morgan fingerprint density at radius 2 is 1.79 bits per heavy atom. The van der Waals surface area contributed by atoms with Crippen molar-refractivity contribution >= 4 is 22.6 Å². The normalized spacial score (nSPS) is 14.3. The number of nitrogens with one attached hydrogen (secondary N) is 1. The molecule has 0 aromatic heterocycles. The minimum absolute atomic E-state index is 0.286. The van der Waals surface area contributed by atoms with E-state index < -0.39 is 0 Å². The molecule has 0 rings (SSSR count). The van der Waals surface area contributed by atoms with Crippen molar-refractivity contribution < 1.29 is 0 Å². The Morgan fingerprint density at radius 3 is 2.00 bits per heavy atom. The Morgan fingerprint density at radius 1 is 1.29 bits per heavy atom. The Kier molecular flexibility index (Phi) is 6.10. The maximum atomic E-state index is 3.37. The summed E-state index contributed by atoms with van der Waals surface area (Å²) in [6.45, 7) is 11.4. The molecule has 0 radical (unpaired) electrons. The molecule has 0 aliphatic rings. The molecule has 0 aromatic carbocycles. The van der Waals surface area contributed by atoms with Crippen LogP contribution in [0.5, 0.6) is 0 Å². The predicted octanol–water partition coefficient (Wildman–Crippen LogP) is 3.99. The number of allylic oxidation sites excluding steroid dienone is 2. The molecular formula is C12H24IN. The summed E-state index contributed by atoms with van der Waals surface area (Å²) < 4.78 is 1.20. The van der Waals surface area contributed by atoms with Gasteiger partial charge in [0, 0.05) is 17.2 Å². The third-order valence-electron chi connectivity index (χ3n) is 2.42. The summed E-state index contributed by atoms with van der Waals surface area (Å²) in [6, 6.07) is 0. The Labute approximate surface area is 103 Å². The molecule has 1 N–H and O–H groups in total. The van der Waals surface area contributed by atoms with Gasteiger partial charge in [-0.3, -0.25) is 0 Å². The first-order chi connectivity index (χ1) is 6.34. The highest BCUT2D eigenvalue weighted by molar-refractivity contribution is 14.1. The molecule has 0 heterocycles. The average Bonchev–Trinajstić information content (AvgIpc) is 2.02. The summed E-state index contributed by atoms with van der Waals surface area (Å²) in [7, 11) is 2.04. The van der Waals surface area contributed by atoms with E-state index in [-0.39, 0.29) is 5.41 Å². The second-order valence-electron chi connectivity index (χ2n) is 4.99. The van der Waals surface area contributed by atoms with Gasteiger partial charge in [-0.15, -0.1) is 0 Å². The van der Waals surface area contributed by atoms with E-state index in [0.29, 0.717) is 5.92 Å². The lowest BCUT2D eigenvalue weighted by atomic mass is 9.81. The van der Waals surface area contributed by atoms with Crippen molar-refractivity contribution in [1.29, 1.82) is 0 Å². The van der Waals surface area contributed by atoms with Crippen molar-refractivity contribution in [3.8, 4) is 0 Å². The smallest absolute Gasteiger partial charge is 0.0127 e. The topological polar surface area (TPSA) is 12.0 Å². The van der Waals surface area contributed by atoms with Crippen LogP contribution in [-0.2, 0) is 0 Å². The molecule has 0 aromatic rings. The SMILES string of the molecule is CN/C(=C(\CCI)C(C)(C)C)C(C)C. The lowest BCUT2D eigenvalue weighted by Gasteiger charge is -2.28. The van der Waals surface area contributed by atoms with E-state index in [9.17, 15) is 0 Å². The fraction of sp³-hybridized carbons (Fsp3) is 0.833. The maximum absolute atomic E-state index is 3.37. The van der Waals surface area contributed by atoms with Gasteiger partial charge in [-0.1, -0.05) is 57.2 Å². The molecule has 0 bridgehead atoms. The van der Waals surface area contributed by atoms with Crippen LogP contribution in [0.25, 0.3) is 0 Å². The van der Waals surface area contributed by atoms with E-state index in [1.54, 1.807) is 5.57 Å². The van der Waals surface area contributed by atoms with Crippen LogP contribution in [-0.4, -0.2) is 11.5 Å². The fourth-order valence-corrected chi connectivity index (χ4v) is 2.34. The number of halogens is 1. The minimum atomic E-state index is 0.286. The molecule has 0 aliphatic heterocycles. The zero-order valence-corrected chi connectivity index (χ0v) is 12.5. The Hall–Kier alpha value is 0.270. The van der Waals surface area contributed by atoms with E-state index in [1.165, 1.54) is 16.5 Å². The molecule has 0 aliphatic carbocycles. The third kappa shape index (κ3) is 4.20. The van der Waals surface area contributed by atoms with Gasteiger partial charge in [0.1, 0.15) is 0 Å². The number of hydrogen-bond donors (Lipinski definition) is 1. The van der Waals surface area contributed by atoms with Crippen LogP contribution in [0.3, 0.4) is 0 Å². The number of alkyl halides is 1. The van der Waals surface area contributed by atoms with Crippen molar-refractivity contribution in [2.24, 2.45) is 11.3 Å². The van der Waals surface area contributed by atoms with Crippen LogP contribution in [0.2, 0.25) is 0 Å². The first-order valence-electron chi connectivity index (χ1n) is 5.31. The van der Waals surface area contributed by atoms with Crippen LogP contribution in [0.15, 0.2) is 11.3 Å². The van der Waals surface area contributed by atoms with Crippen molar-refractivity contribution in [2.75, 3.05) is 11.5 Å². The Balaban J connectivity index is 5.10. The van der Waals surface area contributed by atoms with Gasteiger partial charge < -0.3 is 5.32 Å². The minimum Gasteiger partial charge on any atom is -0.391 e. The van der Waals surface area contributed by atoms with Gasteiger partial charge in [0.25, 0.3) is 0 Å². The van der Waals surface area contributed by atoms with Crippen LogP contribution >= 0.6 is 22.6 Å².